The van der Waals surface area contributed by atoms with Crippen LogP contribution in [0.15, 0.2) is 12.1 Å². The first kappa shape index (κ1) is 20.8. The van der Waals surface area contributed by atoms with Gasteiger partial charge < -0.3 is 14.8 Å². The molecule has 4 heteroatoms. The van der Waals surface area contributed by atoms with Gasteiger partial charge in [0.05, 0.1) is 6.10 Å². The van der Waals surface area contributed by atoms with Crippen molar-refractivity contribution >= 4 is 11.6 Å². The Bertz CT molecular complexity index is 580. The van der Waals surface area contributed by atoms with E-state index in [9.17, 15) is 4.79 Å². The Morgan fingerprint density at radius 2 is 1.69 bits per heavy atom. The van der Waals surface area contributed by atoms with Gasteiger partial charge in [-0.1, -0.05) is 32.6 Å². The highest BCUT2D eigenvalue weighted by molar-refractivity contribution is 5.97. The number of rotatable bonds is 7. The molecule has 0 aromatic heterocycles. The number of nitrogens with one attached hydrogen (secondary N) is 1. The lowest BCUT2D eigenvalue weighted by molar-refractivity contribution is -0.143. The van der Waals surface area contributed by atoms with E-state index >= 15 is 0 Å². The summed E-state index contributed by atoms with van der Waals surface area (Å²) in [6.45, 7) is 10.8. The maximum Gasteiger partial charge on any atom is 0.256 e. The molecule has 1 fully saturated rings. The van der Waals surface area contributed by atoms with Crippen molar-refractivity contribution in [2.75, 3.05) is 11.9 Å². The van der Waals surface area contributed by atoms with Crippen molar-refractivity contribution in [3.63, 3.8) is 0 Å². The number of carbonyl (C=O) groups is 1. The predicted octanol–water partition coefficient (Wildman–Crippen LogP) is 5.55. The van der Waals surface area contributed by atoms with Crippen molar-refractivity contribution < 1.29 is 14.3 Å². The summed E-state index contributed by atoms with van der Waals surface area (Å²) < 4.78 is 12.0. The topological polar surface area (TPSA) is 47.6 Å². The molecule has 1 unspecified atom stereocenters. The second kappa shape index (κ2) is 9.40. The van der Waals surface area contributed by atoms with E-state index in [-0.39, 0.29) is 12.0 Å². The first-order chi connectivity index (χ1) is 12.4. The first-order valence-electron chi connectivity index (χ1n) is 10.1. The minimum atomic E-state index is -0.682. The third-order valence-electron chi connectivity index (χ3n) is 5.36. The van der Waals surface area contributed by atoms with E-state index in [4.69, 9.17) is 9.47 Å². The number of amides is 1. The number of aryl methyl sites for hydroxylation is 2. The zero-order valence-electron chi connectivity index (χ0n) is 17.1. The molecule has 1 aromatic carbocycles. The van der Waals surface area contributed by atoms with Gasteiger partial charge in [-0.15, -0.1) is 0 Å². The van der Waals surface area contributed by atoms with E-state index in [0.29, 0.717) is 6.61 Å². The number of ether oxygens (including phenoxy) is 2. The van der Waals surface area contributed by atoms with Gasteiger partial charge in [-0.05, 0) is 70.2 Å². The van der Waals surface area contributed by atoms with Gasteiger partial charge in [-0.3, -0.25) is 4.79 Å². The van der Waals surface area contributed by atoms with Gasteiger partial charge in [0.2, 0.25) is 0 Å². The van der Waals surface area contributed by atoms with Crippen LogP contribution in [0.3, 0.4) is 0 Å². The minimum absolute atomic E-state index is 0.00403. The summed E-state index contributed by atoms with van der Waals surface area (Å²) in [6.07, 6.45) is 7.22. The lowest BCUT2D eigenvalue weighted by Crippen LogP contribution is -2.45. The Labute approximate surface area is 158 Å². The summed E-state index contributed by atoms with van der Waals surface area (Å²) in [6, 6.07) is 4.00. The highest BCUT2D eigenvalue weighted by atomic mass is 16.5. The smallest absolute Gasteiger partial charge is 0.256 e. The normalized spacial score (nSPS) is 18.0. The van der Waals surface area contributed by atoms with E-state index < -0.39 is 5.60 Å². The molecule has 0 spiro atoms. The third-order valence-corrected chi connectivity index (χ3v) is 5.36. The Morgan fingerprint density at radius 1 is 1.12 bits per heavy atom. The summed E-state index contributed by atoms with van der Waals surface area (Å²) >= 11 is 0. The number of carbonyl (C=O) groups excluding carboxylic acids is 1. The van der Waals surface area contributed by atoms with Crippen molar-refractivity contribution in [3.05, 3.63) is 23.3 Å². The summed E-state index contributed by atoms with van der Waals surface area (Å²) in [7, 11) is 0. The van der Waals surface area contributed by atoms with Crippen molar-refractivity contribution in [2.45, 2.75) is 91.3 Å². The standard InChI is InChI=1S/C22H35NO3/c1-6-18(5)26-20-16(3)14-19(15-17(20)4)23-21(24)22(25-7-2)12-10-8-9-11-13-22/h14-15,18H,6-13H2,1-5H3,(H,23,24). The van der Waals surface area contributed by atoms with Gasteiger partial charge in [0.25, 0.3) is 5.91 Å². The molecule has 0 aliphatic heterocycles. The van der Waals surface area contributed by atoms with Gasteiger partial charge in [0, 0.05) is 12.3 Å². The number of benzene rings is 1. The molecule has 0 radical (unpaired) electrons. The summed E-state index contributed by atoms with van der Waals surface area (Å²) in [5, 5.41) is 3.12. The predicted molar refractivity (Wildman–Crippen MR) is 107 cm³/mol. The zero-order chi connectivity index (χ0) is 19.2. The molecule has 0 heterocycles. The van der Waals surface area contributed by atoms with E-state index in [1.807, 2.05) is 32.9 Å². The van der Waals surface area contributed by atoms with Crippen molar-refractivity contribution in [1.82, 2.24) is 0 Å². The molecule has 0 saturated heterocycles. The molecule has 1 amide bonds. The highest BCUT2D eigenvalue weighted by Gasteiger charge is 2.39. The van der Waals surface area contributed by atoms with E-state index in [1.165, 1.54) is 12.8 Å². The first-order valence-corrected chi connectivity index (χ1v) is 10.1. The van der Waals surface area contributed by atoms with Crippen LogP contribution < -0.4 is 10.1 Å². The van der Waals surface area contributed by atoms with Gasteiger partial charge in [0.15, 0.2) is 0 Å². The Balaban J connectivity index is 2.19. The van der Waals surface area contributed by atoms with Crippen LogP contribution in [0.5, 0.6) is 5.75 Å². The van der Waals surface area contributed by atoms with E-state index in [0.717, 1.165) is 54.7 Å². The lowest BCUT2D eigenvalue weighted by atomic mass is 9.92. The van der Waals surface area contributed by atoms with Crippen molar-refractivity contribution in [1.29, 1.82) is 0 Å². The van der Waals surface area contributed by atoms with Crippen LogP contribution in [0.25, 0.3) is 0 Å². The molecule has 1 atom stereocenters. The molecule has 26 heavy (non-hydrogen) atoms. The van der Waals surface area contributed by atoms with E-state index in [1.54, 1.807) is 0 Å². The van der Waals surface area contributed by atoms with Crippen LogP contribution in [-0.4, -0.2) is 24.2 Å². The molecule has 1 aromatic rings. The fraction of sp³-hybridized carbons (Fsp3) is 0.682. The molecule has 146 valence electrons. The van der Waals surface area contributed by atoms with Crippen LogP contribution in [0, 0.1) is 13.8 Å². The lowest BCUT2D eigenvalue weighted by Gasteiger charge is -2.31. The Kier molecular flexibility index (Phi) is 7.51. The zero-order valence-corrected chi connectivity index (χ0v) is 17.1. The Morgan fingerprint density at radius 3 is 2.19 bits per heavy atom. The van der Waals surface area contributed by atoms with Crippen molar-refractivity contribution in [3.8, 4) is 5.75 Å². The second-order valence-electron chi connectivity index (χ2n) is 7.57. The molecule has 4 nitrogen and oxygen atoms in total. The fourth-order valence-corrected chi connectivity index (χ4v) is 3.75. The van der Waals surface area contributed by atoms with Gasteiger partial charge in [-0.2, -0.15) is 0 Å². The molecular weight excluding hydrogens is 326 g/mol. The molecular formula is C22H35NO3. The SMILES string of the molecule is CCOC1(C(=O)Nc2cc(C)c(OC(C)CC)c(C)c2)CCCCCC1. The van der Waals surface area contributed by atoms with Crippen LogP contribution in [-0.2, 0) is 9.53 Å². The van der Waals surface area contributed by atoms with Crippen molar-refractivity contribution in [2.24, 2.45) is 0 Å². The average molecular weight is 362 g/mol. The van der Waals surface area contributed by atoms with Gasteiger partial charge in [-0.25, -0.2) is 0 Å². The van der Waals surface area contributed by atoms with E-state index in [2.05, 4.69) is 19.2 Å². The summed E-state index contributed by atoms with van der Waals surface area (Å²) in [5.41, 5.74) is 2.24. The van der Waals surface area contributed by atoms with Crippen LogP contribution >= 0.6 is 0 Å². The van der Waals surface area contributed by atoms with Crippen LogP contribution in [0.4, 0.5) is 5.69 Å². The second-order valence-corrected chi connectivity index (χ2v) is 7.57. The molecule has 0 bridgehead atoms. The van der Waals surface area contributed by atoms with Crippen LogP contribution in [0.2, 0.25) is 0 Å². The van der Waals surface area contributed by atoms with Gasteiger partial charge in [0.1, 0.15) is 11.4 Å². The number of hydrogen-bond donors (Lipinski definition) is 1. The highest BCUT2D eigenvalue weighted by Crippen LogP contribution is 2.33. The monoisotopic (exact) mass is 361 g/mol. The maximum absolute atomic E-state index is 13.1. The quantitative estimate of drug-likeness (QED) is 0.648. The Hall–Kier alpha value is -1.55. The molecule has 1 saturated carbocycles. The largest absolute Gasteiger partial charge is 0.490 e. The van der Waals surface area contributed by atoms with Crippen LogP contribution in [0.1, 0.15) is 76.8 Å². The van der Waals surface area contributed by atoms with Gasteiger partial charge >= 0.3 is 0 Å². The third kappa shape index (κ3) is 5.00. The number of hydrogen-bond acceptors (Lipinski definition) is 3. The summed E-state index contributed by atoms with van der Waals surface area (Å²) in [5.74, 6) is 0.919. The fourth-order valence-electron chi connectivity index (χ4n) is 3.75. The molecule has 1 N–H and O–H groups in total. The minimum Gasteiger partial charge on any atom is -0.490 e. The molecule has 1 aliphatic rings. The summed E-state index contributed by atoms with van der Waals surface area (Å²) in [4.78, 5) is 13.1. The average Bonchev–Trinajstić information content (AvgIpc) is 2.85. The molecule has 2 rings (SSSR count). The maximum atomic E-state index is 13.1. The molecule has 1 aliphatic carbocycles. The number of anilines is 1.